The summed E-state index contributed by atoms with van der Waals surface area (Å²) >= 11 is 0. The van der Waals surface area contributed by atoms with Crippen LogP contribution in [0.3, 0.4) is 0 Å². The quantitative estimate of drug-likeness (QED) is 0.746. The van der Waals surface area contributed by atoms with Gasteiger partial charge in [0.1, 0.15) is 5.75 Å². The molecule has 2 rings (SSSR count). The maximum atomic E-state index is 5.03. The van der Waals surface area contributed by atoms with E-state index in [1.165, 1.54) is 0 Å². The summed E-state index contributed by atoms with van der Waals surface area (Å²) in [5.74, 6) is 1.54. The molecule has 1 radical (unpaired) electrons. The number of methoxy groups -OCH3 is 1. The SMILES string of the molecule is COc1ccc(-c2nn[c][nH]2)cc1. The lowest BCUT2D eigenvalue weighted by atomic mass is 10.2. The van der Waals surface area contributed by atoms with Gasteiger partial charge in [0, 0.05) is 5.56 Å². The Morgan fingerprint density at radius 2 is 2.08 bits per heavy atom. The summed E-state index contributed by atoms with van der Waals surface area (Å²) in [6, 6.07) is 7.57. The lowest BCUT2D eigenvalue weighted by Gasteiger charge is -1.99. The minimum atomic E-state index is 0.711. The van der Waals surface area contributed by atoms with Gasteiger partial charge in [-0.15, -0.1) is 10.2 Å². The van der Waals surface area contributed by atoms with Gasteiger partial charge in [-0.05, 0) is 24.3 Å². The van der Waals surface area contributed by atoms with Gasteiger partial charge >= 0.3 is 0 Å². The summed E-state index contributed by atoms with van der Waals surface area (Å²) in [7, 11) is 1.64. The van der Waals surface area contributed by atoms with E-state index >= 15 is 0 Å². The van der Waals surface area contributed by atoms with Crippen LogP contribution in [-0.4, -0.2) is 22.3 Å². The second-order valence-electron chi connectivity index (χ2n) is 2.51. The fraction of sp³-hybridized carbons (Fsp3) is 0.111. The number of aromatic amines is 1. The molecule has 65 valence electrons. The van der Waals surface area contributed by atoms with E-state index in [4.69, 9.17) is 4.74 Å². The molecule has 2 aromatic rings. The van der Waals surface area contributed by atoms with Crippen LogP contribution in [-0.2, 0) is 0 Å². The van der Waals surface area contributed by atoms with Crippen LogP contribution in [0.4, 0.5) is 0 Å². The van der Waals surface area contributed by atoms with E-state index in [0.29, 0.717) is 5.82 Å². The van der Waals surface area contributed by atoms with Crippen molar-refractivity contribution in [3.8, 4) is 17.1 Å². The van der Waals surface area contributed by atoms with Crippen molar-refractivity contribution in [1.82, 2.24) is 15.2 Å². The molecule has 0 aliphatic heterocycles. The minimum absolute atomic E-state index is 0.711. The molecule has 1 aromatic carbocycles. The largest absolute Gasteiger partial charge is 0.497 e. The van der Waals surface area contributed by atoms with Crippen LogP contribution in [0.2, 0.25) is 0 Å². The maximum Gasteiger partial charge on any atom is 0.199 e. The Kier molecular flexibility index (Phi) is 1.96. The topological polar surface area (TPSA) is 50.8 Å². The number of nitrogens with zero attached hydrogens (tertiary/aromatic N) is 2. The zero-order chi connectivity index (χ0) is 9.10. The lowest BCUT2D eigenvalue weighted by molar-refractivity contribution is 0.415. The third-order valence-electron chi connectivity index (χ3n) is 1.74. The van der Waals surface area contributed by atoms with Gasteiger partial charge in [-0.1, -0.05) is 0 Å². The van der Waals surface area contributed by atoms with Crippen molar-refractivity contribution in [2.24, 2.45) is 0 Å². The molecule has 1 aromatic heterocycles. The Labute approximate surface area is 75.6 Å². The fourth-order valence-electron chi connectivity index (χ4n) is 1.06. The highest BCUT2D eigenvalue weighted by molar-refractivity contribution is 5.55. The number of benzene rings is 1. The van der Waals surface area contributed by atoms with E-state index in [1.807, 2.05) is 24.3 Å². The number of hydrogen-bond acceptors (Lipinski definition) is 3. The Balaban J connectivity index is 2.33. The number of ether oxygens (including phenoxy) is 1. The molecule has 0 spiro atoms. The molecule has 0 saturated heterocycles. The maximum absolute atomic E-state index is 5.03. The predicted molar refractivity (Wildman–Crippen MR) is 47.2 cm³/mol. The average molecular weight is 174 g/mol. The van der Waals surface area contributed by atoms with Crippen LogP contribution in [0.5, 0.6) is 5.75 Å². The Morgan fingerprint density at radius 3 is 2.62 bits per heavy atom. The second-order valence-corrected chi connectivity index (χ2v) is 2.51. The van der Waals surface area contributed by atoms with Crippen molar-refractivity contribution < 1.29 is 4.74 Å². The molecule has 0 amide bonds. The van der Waals surface area contributed by atoms with Gasteiger partial charge in [0.25, 0.3) is 0 Å². The smallest absolute Gasteiger partial charge is 0.199 e. The summed E-state index contributed by atoms with van der Waals surface area (Å²) < 4.78 is 5.03. The summed E-state index contributed by atoms with van der Waals surface area (Å²) in [5.41, 5.74) is 0.967. The van der Waals surface area contributed by atoms with E-state index < -0.39 is 0 Å². The van der Waals surface area contributed by atoms with Crippen LogP contribution in [0.15, 0.2) is 24.3 Å². The highest BCUT2D eigenvalue weighted by atomic mass is 16.5. The number of aromatic nitrogens is 3. The van der Waals surface area contributed by atoms with Crippen LogP contribution in [0.25, 0.3) is 11.4 Å². The van der Waals surface area contributed by atoms with Crippen LogP contribution in [0.1, 0.15) is 0 Å². The normalized spacial score (nSPS) is 9.92. The summed E-state index contributed by atoms with van der Waals surface area (Å²) in [5, 5.41) is 7.42. The lowest BCUT2D eigenvalue weighted by Crippen LogP contribution is -1.83. The summed E-state index contributed by atoms with van der Waals surface area (Å²) in [4.78, 5) is 2.80. The van der Waals surface area contributed by atoms with Gasteiger partial charge in [0.2, 0.25) is 0 Å². The zero-order valence-corrected chi connectivity index (χ0v) is 7.11. The van der Waals surface area contributed by atoms with E-state index in [-0.39, 0.29) is 0 Å². The van der Waals surface area contributed by atoms with Crippen molar-refractivity contribution in [3.05, 3.63) is 30.6 Å². The number of hydrogen-bond donors (Lipinski definition) is 1. The molecule has 0 bridgehead atoms. The highest BCUT2D eigenvalue weighted by Crippen LogP contribution is 2.17. The molecule has 4 heteroatoms. The van der Waals surface area contributed by atoms with Crippen molar-refractivity contribution in [2.75, 3.05) is 7.11 Å². The molecule has 0 atom stereocenters. The molecule has 0 aliphatic carbocycles. The second kappa shape index (κ2) is 3.26. The van der Waals surface area contributed by atoms with Crippen LogP contribution < -0.4 is 4.74 Å². The molecule has 1 heterocycles. The predicted octanol–water partition coefficient (Wildman–Crippen LogP) is 1.28. The Morgan fingerprint density at radius 1 is 1.31 bits per heavy atom. The molecule has 4 nitrogen and oxygen atoms in total. The van der Waals surface area contributed by atoms with Gasteiger partial charge in [-0.3, -0.25) is 0 Å². The Bertz CT molecular complexity index is 366. The molecule has 0 fully saturated rings. The van der Waals surface area contributed by atoms with Crippen LogP contribution >= 0.6 is 0 Å². The molecule has 0 saturated carbocycles. The molecular formula is C9H8N3O. The van der Waals surface area contributed by atoms with Gasteiger partial charge < -0.3 is 9.72 Å². The van der Waals surface area contributed by atoms with Crippen molar-refractivity contribution in [2.45, 2.75) is 0 Å². The third-order valence-corrected chi connectivity index (χ3v) is 1.74. The summed E-state index contributed by atoms with van der Waals surface area (Å²) in [6.07, 6.45) is 2.54. The van der Waals surface area contributed by atoms with E-state index in [0.717, 1.165) is 11.3 Å². The zero-order valence-electron chi connectivity index (χ0n) is 7.11. The first kappa shape index (κ1) is 7.79. The molecule has 0 aliphatic rings. The Hall–Kier alpha value is -1.84. The van der Waals surface area contributed by atoms with E-state index in [2.05, 4.69) is 21.5 Å². The molecule has 13 heavy (non-hydrogen) atoms. The van der Waals surface area contributed by atoms with Gasteiger partial charge in [0.05, 0.1) is 7.11 Å². The fourth-order valence-corrected chi connectivity index (χ4v) is 1.06. The summed E-state index contributed by atoms with van der Waals surface area (Å²) in [6.45, 7) is 0. The first-order valence-corrected chi connectivity index (χ1v) is 3.83. The van der Waals surface area contributed by atoms with Crippen molar-refractivity contribution >= 4 is 0 Å². The monoisotopic (exact) mass is 174 g/mol. The highest BCUT2D eigenvalue weighted by Gasteiger charge is 1.99. The molecular weight excluding hydrogens is 166 g/mol. The molecule has 0 unspecified atom stereocenters. The van der Waals surface area contributed by atoms with Gasteiger partial charge in [-0.2, -0.15) is 0 Å². The van der Waals surface area contributed by atoms with Crippen molar-refractivity contribution in [1.29, 1.82) is 0 Å². The molecule has 1 N–H and O–H groups in total. The number of rotatable bonds is 2. The number of H-pyrrole nitrogens is 1. The minimum Gasteiger partial charge on any atom is -0.497 e. The van der Waals surface area contributed by atoms with Gasteiger partial charge in [0.15, 0.2) is 12.2 Å². The standard InChI is InChI=1S/C9H8N3O/c1-13-8-4-2-7(3-5-8)9-10-6-11-12-9/h2-5H,1H3,(H,10,11,12). The average Bonchev–Trinajstić information content (AvgIpc) is 2.71. The van der Waals surface area contributed by atoms with Gasteiger partial charge in [-0.25, -0.2) is 0 Å². The van der Waals surface area contributed by atoms with E-state index in [1.54, 1.807) is 7.11 Å². The third kappa shape index (κ3) is 1.51. The van der Waals surface area contributed by atoms with Crippen molar-refractivity contribution in [3.63, 3.8) is 0 Å². The first-order chi connectivity index (χ1) is 6.40. The van der Waals surface area contributed by atoms with Crippen LogP contribution in [0, 0.1) is 6.33 Å². The number of nitrogens with one attached hydrogen (secondary N) is 1. The first-order valence-electron chi connectivity index (χ1n) is 3.83. The van der Waals surface area contributed by atoms with E-state index in [9.17, 15) is 0 Å².